The number of halogens is 1. The zero-order chi connectivity index (χ0) is 9.42. The van der Waals surface area contributed by atoms with Crippen molar-refractivity contribution in [3.63, 3.8) is 0 Å². The van der Waals surface area contributed by atoms with Crippen molar-refractivity contribution in [1.82, 2.24) is 0 Å². The van der Waals surface area contributed by atoms with Gasteiger partial charge in [-0.3, -0.25) is 4.79 Å². The standard InChI is InChI=1S/C9H8BrNO2/c1-13-7-3-2-6-5(9(7)10)4-8(12)11-6/h2-3H,4H2,1H3,(H,11,12). The Labute approximate surface area is 84.2 Å². The van der Waals surface area contributed by atoms with Crippen molar-refractivity contribution < 1.29 is 9.53 Å². The van der Waals surface area contributed by atoms with E-state index in [9.17, 15) is 4.79 Å². The van der Waals surface area contributed by atoms with Crippen LogP contribution in [-0.4, -0.2) is 13.0 Å². The maximum absolute atomic E-state index is 11.1. The lowest BCUT2D eigenvalue weighted by Crippen LogP contribution is -2.03. The molecule has 1 aromatic carbocycles. The van der Waals surface area contributed by atoms with Crippen LogP contribution in [-0.2, 0) is 11.2 Å². The highest BCUT2D eigenvalue weighted by Gasteiger charge is 2.21. The van der Waals surface area contributed by atoms with Crippen LogP contribution in [0.4, 0.5) is 5.69 Å². The second-order valence-corrected chi connectivity index (χ2v) is 3.63. The van der Waals surface area contributed by atoms with Gasteiger partial charge in [0.1, 0.15) is 5.75 Å². The van der Waals surface area contributed by atoms with Crippen molar-refractivity contribution in [2.24, 2.45) is 0 Å². The van der Waals surface area contributed by atoms with E-state index in [1.807, 2.05) is 12.1 Å². The average molecular weight is 242 g/mol. The zero-order valence-corrected chi connectivity index (χ0v) is 8.64. The molecule has 2 rings (SSSR count). The number of fused-ring (bicyclic) bond motifs is 1. The molecule has 13 heavy (non-hydrogen) atoms. The average Bonchev–Trinajstić information content (AvgIpc) is 2.47. The van der Waals surface area contributed by atoms with E-state index in [1.54, 1.807) is 7.11 Å². The monoisotopic (exact) mass is 241 g/mol. The highest BCUT2D eigenvalue weighted by Crippen LogP contribution is 2.36. The minimum atomic E-state index is 0.0314. The van der Waals surface area contributed by atoms with E-state index in [-0.39, 0.29) is 5.91 Å². The van der Waals surface area contributed by atoms with Crippen LogP contribution in [0.3, 0.4) is 0 Å². The highest BCUT2D eigenvalue weighted by atomic mass is 79.9. The van der Waals surface area contributed by atoms with Gasteiger partial charge in [-0.2, -0.15) is 0 Å². The number of hydrogen-bond donors (Lipinski definition) is 1. The molecule has 0 aromatic heterocycles. The summed E-state index contributed by atoms with van der Waals surface area (Å²) >= 11 is 3.40. The molecule has 4 heteroatoms. The molecular weight excluding hydrogens is 234 g/mol. The number of carbonyl (C=O) groups is 1. The molecule has 0 aliphatic carbocycles. The van der Waals surface area contributed by atoms with Gasteiger partial charge in [-0.05, 0) is 28.1 Å². The largest absolute Gasteiger partial charge is 0.496 e. The van der Waals surface area contributed by atoms with Crippen LogP contribution in [0.2, 0.25) is 0 Å². The van der Waals surface area contributed by atoms with Gasteiger partial charge in [-0.15, -0.1) is 0 Å². The predicted molar refractivity (Wildman–Crippen MR) is 53.0 cm³/mol. The fourth-order valence-electron chi connectivity index (χ4n) is 1.40. The fraction of sp³-hybridized carbons (Fsp3) is 0.222. The van der Waals surface area contributed by atoms with E-state index < -0.39 is 0 Å². The number of benzene rings is 1. The van der Waals surface area contributed by atoms with E-state index >= 15 is 0 Å². The predicted octanol–water partition coefficient (Wildman–Crippen LogP) is 1.95. The van der Waals surface area contributed by atoms with E-state index in [0.29, 0.717) is 6.42 Å². The van der Waals surface area contributed by atoms with Gasteiger partial charge < -0.3 is 10.1 Å². The van der Waals surface area contributed by atoms with Gasteiger partial charge in [0, 0.05) is 11.3 Å². The van der Waals surface area contributed by atoms with Gasteiger partial charge in [0.05, 0.1) is 18.0 Å². The molecular formula is C9H8BrNO2. The Morgan fingerprint density at radius 1 is 1.54 bits per heavy atom. The van der Waals surface area contributed by atoms with Crippen LogP contribution in [0.25, 0.3) is 0 Å². The Kier molecular flexibility index (Phi) is 2.00. The summed E-state index contributed by atoms with van der Waals surface area (Å²) in [4.78, 5) is 11.1. The van der Waals surface area contributed by atoms with Crippen molar-refractivity contribution >= 4 is 27.5 Å². The quantitative estimate of drug-likeness (QED) is 0.817. The molecule has 0 unspecified atom stereocenters. The molecule has 68 valence electrons. The van der Waals surface area contributed by atoms with Gasteiger partial charge in [-0.25, -0.2) is 0 Å². The minimum Gasteiger partial charge on any atom is -0.496 e. The molecule has 1 amide bonds. The minimum absolute atomic E-state index is 0.0314. The number of ether oxygens (including phenoxy) is 1. The van der Waals surface area contributed by atoms with E-state index in [4.69, 9.17) is 4.74 Å². The summed E-state index contributed by atoms with van der Waals surface area (Å²) in [5, 5.41) is 2.77. The summed E-state index contributed by atoms with van der Waals surface area (Å²) in [7, 11) is 1.61. The number of anilines is 1. The lowest BCUT2D eigenvalue weighted by atomic mass is 10.1. The van der Waals surface area contributed by atoms with Crippen LogP contribution in [0.5, 0.6) is 5.75 Å². The third-order valence-corrected chi connectivity index (χ3v) is 2.91. The Morgan fingerprint density at radius 2 is 2.31 bits per heavy atom. The first-order valence-electron chi connectivity index (χ1n) is 3.87. The van der Waals surface area contributed by atoms with Gasteiger partial charge >= 0.3 is 0 Å². The molecule has 1 aromatic rings. The van der Waals surface area contributed by atoms with Crippen LogP contribution in [0.15, 0.2) is 16.6 Å². The summed E-state index contributed by atoms with van der Waals surface area (Å²) in [5.74, 6) is 0.791. The first-order valence-corrected chi connectivity index (χ1v) is 4.67. The van der Waals surface area contributed by atoms with Crippen molar-refractivity contribution in [1.29, 1.82) is 0 Å². The maximum Gasteiger partial charge on any atom is 0.228 e. The molecule has 0 radical (unpaired) electrons. The second kappa shape index (κ2) is 3.03. The molecule has 0 atom stereocenters. The highest BCUT2D eigenvalue weighted by molar-refractivity contribution is 9.10. The number of methoxy groups -OCH3 is 1. The lowest BCUT2D eigenvalue weighted by molar-refractivity contribution is -0.115. The summed E-state index contributed by atoms with van der Waals surface area (Å²) in [6.07, 6.45) is 0.424. The Hall–Kier alpha value is -1.03. The van der Waals surface area contributed by atoms with Crippen LogP contribution in [0.1, 0.15) is 5.56 Å². The van der Waals surface area contributed by atoms with Crippen LogP contribution in [0, 0.1) is 0 Å². The topological polar surface area (TPSA) is 38.3 Å². The molecule has 1 N–H and O–H groups in total. The first kappa shape index (κ1) is 8.56. The van der Waals surface area contributed by atoms with E-state index in [2.05, 4.69) is 21.2 Å². The lowest BCUT2D eigenvalue weighted by Gasteiger charge is -2.06. The van der Waals surface area contributed by atoms with Gasteiger partial charge in [0.25, 0.3) is 0 Å². The van der Waals surface area contributed by atoms with Crippen molar-refractivity contribution in [2.75, 3.05) is 12.4 Å². The smallest absolute Gasteiger partial charge is 0.228 e. The fourth-order valence-corrected chi connectivity index (χ4v) is 2.05. The zero-order valence-electron chi connectivity index (χ0n) is 7.06. The number of hydrogen-bond acceptors (Lipinski definition) is 2. The molecule has 0 fully saturated rings. The molecule has 1 aliphatic rings. The third kappa shape index (κ3) is 1.31. The first-order chi connectivity index (χ1) is 6.22. The summed E-state index contributed by atoms with van der Waals surface area (Å²) in [5.41, 5.74) is 1.85. The summed E-state index contributed by atoms with van der Waals surface area (Å²) in [6.45, 7) is 0. The van der Waals surface area contributed by atoms with Crippen molar-refractivity contribution in [3.05, 3.63) is 22.2 Å². The van der Waals surface area contributed by atoms with Crippen LogP contribution < -0.4 is 10.1 Å². The number of rotatable bonds is 1. The Morgan fingerprint density at radius 3 is 3.00 bits per heavy atom. The molecule has 3 nitrogen and oxygen atoms in total. The van der Waals surface area contributed by atoms with Crippen molar-refractivity contribution in [2.45, 2.75) is 6.42 Å². The van der Waals surface area contributed by atoms with Crippen molar-refractivity contribution in [3.8, 4) is 5.75 Å². The van der Waals surface area contributed by atoms with Gasteiger partial charge in [0.2, 0.25) is 5.91 Å². The van der Waals surface area contributed by atoms with Crippen LogP contribution >= 0.6 is 15.9 Å². The van der Waals surface area contributed by atoms with Gasteiger partial charge in [-0.1, -0.05) is 0 Å². The van der Waals surface area contributed by atoms with Gasteiger partial charge in [0.15, 0.2) is 0 Å². The molecule has 1 aliphatic heterocycles. The summed E-state index contributed by atoms with van der Waals surface area (Å²) in [6, 6.07) is 3.68. The maximum atomic E-state index is 11.1. The number of amides is 1. The third-order valence-electron chi connectivity index (χ3n) is 2.04. The number of carbonyl (C=O) groups excluding carboxylic acids is 1. The second-order valence-electron chi connectivity index (χ2n) is 2.83. The number of nitrogens with one attached hydrogen (secondary N) is 1. The Balaban J connectivity index is 2.54. The molecule has 0 saturated heterocycles. The SMILES string of the molecule is COc1ccc2c(c1Br)CC(=O)N2. The molecule has 0 saturated carbocycles. The molecule has 0 spiro atoms. The Bertz CT molecular complexity index is 376. The molecule has 0 bridgehead atoms. The van der Waals surface area contributed by atoms with E-state index in [1.165, 1.54) is 0 Å². The molecule has 1 heterocycles. The normalized spacial score (nSPS) is 13.8. The van der Waals surface area contributed by atoms with E-state index in [0.717, 1.165) is 21.5 Å². The summed E-state index contributed by atoms with van der Waals surface area (Å²) < 4.78 is 5.99.